The summed E-state index contributed by atoms with van der Waals surface area (Å²) in [6.45, 7) is 10.7. The first kappa shape index (κ1) is 18.7. The summed E-state index contributed by atoms with van der Waals surface area (Å²) in [5.74, 6) is 1.17. The van der Waals surface area contributed by atoms with Crippen LogP contribution in [-0.2, 0) is 0 Å². The van der Waals surface area contributed by atoms with Gasteiger partial charge in [-0.15, -0.1) is 0 Å². The average molecular weight is 302 g/mol. The fraction of sp³-hybridized carbons (Fsp3) is 0.524. The molecule has 0 nitrogen and oxygen atoms in total. The quantitative estimate of drug-likeness (QED) is 0.407. The summed E-state index contributed by atoms with van der Waals surface area (Å²) >= 11 is 0. The standard InChI is InChI=1S/C21H31F/c1-5-9-18(12-8-11-17(4)7-3)21(10-6-2)19-13-15-20(22)16-14-19/h6,10,13-18H,2,5,7-9,11-12H2,1,3-4H3/b21-10-. The second-order valence-corrected chi connectivity index (χ2v) is 6.29. The molecule has 0 saturated heterocycles. The molecule has 0 spiro atoms. The van der Waals surface area contributed by atoms with Crippen molar-refractivity contribution in [2.24, 2.45) is 11.8 Å². The van der Waals surface area contributed by atoms with Crippen molar-refractivity contribution in [2.45, 2.75) is 59.3 Å². The molecule has 122 valence electrons. The van der Waals surface area contributed by atoms with Crippen LogP contribution < -0.4 is 0 Å². The van der Waals surface area contributed by atoms with Gasteiger partial charge in [-0.05, 0) is 47.9 Å². The Hall–Kier alpha value is -1.37. The number of benzene rings is 1. The summed E-state index contributed by atoms with van der Waals surface area (Å²) in [5, 5.41) is 0. The molecule has 1 aromatic carbocycles. The van der Waals surface area contributed by atoms with Crippen molar-refractivity contribution in [1.29, 1.82) is 0 Å². The molecule has 0 fully saturated rings. The zero-order valence-electron chi connectivity index (χ0n) is 14.4. The molecule has 0 aliphatic heterocycles. The Labute approximate surface area is 136 Å². The Morgan fingerprint density at radius 2 is 1.82 bits per heavy atom. The van der Waals surface area contributed by atoms with Crippen LogP contribution in [0, 0.1) is 17.7 Å². The molecular weight excluding hydrogens is 271 g/mol. The topological polar surface area (TPSA) is 0 Å². The van der Waals surface area contributed by atoms with Crippen molar-refractivity contribution in [3.8, 4) is 0 Å². The monoisotopic (exact) mass is 302 g/mol. The molecule has 0 amide bonds. The summed E-state index contributed by atoms with van der Waals surface area (Å²) in [6, 6.07) is 6.88. The Bertz CT molecular complexity index is 455. The summed E-state index contributed by atoms with van der Waals surface area (Å²) in [7, 11) is 0. The molecule has 22 heavy (non-hydrogen) atoms. The highest BCUT2D eigenvalue weighted by molar-refractivity contribution is 5.68. The molecule has 0 aliphatic rings. The number of hydrogen-bond donors (Lipinski definition) is 0. The van der Waals surface area contributed by atoms with Gasteiger partial charge in [-0.3, -0.25) is 0 Å². The van der Waals surface area contributed by atoms with E-state index in [0.29, 0.717) is 5.92 Å². The van der Waals surface area contributed by atoms with Gasteiger partial charge in [0.15, 0.2) is 0 Å². The van der Waals surface area contributed by atoms with E-state index in [0.717, 1.165) is 11.5 Å². The zero-order chi connectivity index (χ0) is 16.4. The SMILES string of the molecule is C=C/C=C(\c1ccc(F)cc1)C(CCC)CCCC(C)CC. The van der Waals surface area contributed by atoms with E-state index in [-0.39, 0.29) is 5.82 Å². The van der Waals surface area contributed by atoms with Gasteiger partial charge < -0.3 is 0 Å². The third-order valence-corrected chi connectivity index (χ3v) is 4.50. The van der Waals surface area contributed by atoms with E-state index in [1.165, 1.54) is 44.1 Å². The second kappa shape index (κ2) is 10.4. The molecular formula is C21H31F. The molecule has 0 aliphatic carbocycles. The fourth-order valence-electron chi connectivity index (χ4n) is 2.96. The lowest BCUT2D eigenvalue weighted by Crippen LogP contribution is -2.05. The van der Waals surface area contributed by atoms with Crippen molar-refractivity contribution in [3.05, 3.63) is 54.4 Å². The van der Waals surface area contributed by atoms with Gasteiger partial charge >= 0.3 is 0 Å². The highest BCUT2D eigenvalue weighted by atomic mass is 19.1. The maximum absolute atomic E-state index is 13.2. The molecule has 2 atom stereocenters. The molecule has 1 rings (SSSR count). The van der Waals surface area contributed by atoms with Crippen LogP contribution in [0.4, 0.5) is 4.39 Å². The molecule has 1 heteroatoms. The van der Waals surface area contributed by atoms with Crippen LogP contribution in [0.1, 0.15) is 64.9 Å². The summed E-state index contributed by atoms with van der Waals surface area (Å²) in [4.78, 5) is 0. The van der Waals surface area contributed by atoms with Crippen molar-refractivity contribution >= 4 is 5.57 Å². The lowest BCUT2D eigenvalue weighted by atomic mass is 9.84. The van der Waals surface area contributed by atoms with E-state index in [9.17, 15) is 4.39 Å². The fourth-order valence-corrected chi connectivity index (χ4v) is 2.96. The number of halogens is 1. The highest BCUT2D eigenvalue weighted by Crippen LogP contribution is 2.32. The van der Waals surface area contributed by atoms with Crippen LogP contribution in [0.2, 0.25) is 0 Å². The van der Waals surface area contributed by atoms with Gasteiger partial charge in [-0.2, -0.15) is 0 Å². The van der Waals surface area contributed by atoms with E-state index in [2.05, 4.69) is 33.4 Å². The largest absolute Gasteiger partial charge is 0.207 e. The first-order valence-corrected chi connectivity index (χ1v) is 8.70. The van der Waals surface area contributed by atoms with E-state index in [1.54, 1.807) is 12.1 Å². The smallest absolute Gasteiger partial charge is 0.123 e. The van der Waals surface area contributed by atoms with E-state index >= 15 is 0 Å². The predicted octanol–water partition coefficient (Wildman–Crippen LogP) is 7.03. The minimum atomic E-state index is -0.175. The van der Waals surface area contributed by atoms with E-state index in [1.807, 2.05) is 18.2 Å². The van der Waals surface area contributed by atoms with Gasteiger partial charge in [0.25, 0.3) is 0 Å². The maximum Gasteiger partial charge on any atom is 0.123 e. The number of allylic oxidation sites excluding steroid dienone is 3. The lowest BCUT2D eigenvalue weighted by Gasteiger charge is -2.21. The average Bonchev–Trinajstić information content (AvgIpc) is 2.53. The highest BCUT2D eigenvalue weighted by Gasteiger charge is 2.15. The summed E-state index contributed by atoms with van der Waals surface area (Å²) in [6.07, 6.45) is 11.3. The molecule has 0 saturated carbocycles. The van der Waals surface area contributed by atoms with Crippen LogP contribution in [-0.4, -0.2) is 0 Å². The Kier molecular flexibility index (Phi) is 8.81. The van der Waals surface area contributed by atoms with Crippen LogP contribution in [0.3, 0.4) is 0 Å². The summed E-state index contributed by atoms with van der Waals surface area (Å²) < 4.78 is 13.2. The minimum Gasteiger partial charge on any atom is -0.207 e. The van der Waals surface area contributed by atoms with Crippen LogP contribution in [0.5, 0.6) is 0 Å². The number of rotatable bonds is 10. The molecule has 0 aromatic heterocycles. The molecule has 1 aromatic rings. The number of hydrogen-bond acceptors (Lipinski definition) is 0. The van der Waals surface area contributed by atoms with Crippen LogP contribution >= 0.6 is 0 Å². The first-order valence-electron chi connectivity index (χ1n) is 8.70. The minimum absolute atomic E-state index is 0.175. The first-order chi connectivity index (χ1) is 10.6. The third kappa shape index (κ3) is 6.17. The van der Waals surface area contributed by atoms with Gasteiger partial charge in [0.2, 0.25) is 0 Å². The van der Waals surface area contributed by atoms with Gasteiger partial charge in [0.1, 0.15) is 5.82 Å². The van der Waals surface area contributed by atoms with Gasteiger partial charge in [-0.1, -0.05) is 77.3 Å². The van der Waals surface area contributed by atoms with E-state index in [4.69, 9.17) is 0 Å². The lowest BCUT2D eigenvalue weighted by molar-refractivity contribution is 0.444. The molecule has 0 radical (unpaired) electrons. The Balaban J connectivity index is 2.85. The molecule has 0 heterocycles. The van der Waals surface area contributed by atoms with Crippen molar-refractivity contribution in [1.82, 2.24) is 0 Å². The third-order valence-electron chi connectivity index (χ3n) is 4.50. The predicted molar refractivity (Wildman–Crippen MR) is 96.3 cm³/mol. The van der Waals surface area contributed by atoms with Crippen molar-refractivity contribution < 1.29 is 4.39 Å². The molecule has 0 bridgehead atoms. The van der Waals surface area contributed by atoms with E-state index < -0.39 is 0 Å². The maximum atomic E-state index is 13.2. The van der Waals surface area contributed by atoms with Crippen molar-refractivity contribution in [3.63, 3.8) is 0 Å². The van der Waals surface area contributed by atoms with Crippen molar-refractivity contribution in [2.75, 3.05) is 0 Å². The van der Waals surface area contributed by atoms with Crippen LogP contribution in [0.25, 0.3) is 5.57 Å². The normalized spacial score (nSPS) is 14.6. The Morgan fingerprint density at radius 3 is 2.36 bits per heavy atom. The molecule has 2 unspecified atom stereocenters. The van der Waals surface area contributed by atoms with Gasteiger partial charge in [-0.25, -0.2) is 4.39 Å². The van der Waals surface area contributed by atoms with Gasteiger partial charge in [0.05, 0.1) is 0 Å². The van der Waals surface area contributed by atoms with Gasteiger partial charge in [0, 0.05) is 0 Å². The second-order valence-electron chi connectivity index (χ2n) is 6.29. The summed E-state index contributed by atoms with van der Waals surface area (Å²) in [5.41, 5.74) is 2.43. The Morgan fingerprint density at radius 1 is 1.14 bits per heavy atom. The molecule has 0 N–H and O–H groups in total. The zero-order valence-corrected chi connectivity index (χ0v) is 14.4. The van der Waals surface area contributed by atoms with Crippen LogP contribution in [0.15, 0.2) is 43.0 Å².